The first-order valence-electron chi connectivity index (χ1n) is 6.26. The highest BCUT2D eigenvalue weighted by atomic mass is 35.5. The molecule has 20 heavy (non-hydrogen) atoms. The molecule has 0 radical (unpaired) electrons. The molecule has 1 N–H and O–H groups in total. The molecule has 1 fully saturated rings. The van der Waals surface area contributed by atoms with E-state index in [9.17, 15) is 8.42 Å². The van der Waals surface area contributed by atoms with Crippen LogP contribution < -0.4 is 4.72 Å². The van der Waals surface area contributed by atoms with Gasteiger partial charge in [-0.2, -0.15) is 0 Å². The number of rotatable bonds is 6. The van der Waals surface area contributed by atoms with Crippen LogP contribution in [0.5, 0.6) is 0 Å². The van der Waals surface area contributed by atoms with E-state index in [0.29, 0.717) is 12.8 Å². The standard InChI is InChI=1S/C11H18Cl2N4O2S/c1-8(4-9-5-17(3)16-14-9)15-20(18,19)7-10(2)6-11(10,12)13/h5,8,15H,4,6-7H2,1-3H3/t8-,10?/m1/s1. The molecule has 6 nitrogen and oxygen atoms in total. The van der Waals surface area contributed by atoms with Crippen molar-refractivity contribution in [3.8, 4) is 0 Å². The van der Waals surface area contributed by atoms with Crippen molar-refractivity contribution in [2.24, 2.45) is 12.5 Å². The van der Waals surface area contributed by atoms with Gasteiger partial charge in [0.2, 0.25) is 10.0 Å². The summed E-state index contributed by atoms with van der Waals surface area (Å²) < 4.78 is 27.5. The number of nitrogens with zero attached hydrogens (tertiary/aromatic N) is 3. The molecule has 2 rings (SSSR count). The summed E-state index contributed by atoms with van der Waals surface area (Å²) in [7, 11) is -1.67. The maximum absolute atomic E-state index is 12.1. The average molecular weight is 341 g/mol. The van der Waals surface area contributed by atoms with Crippen molar-refractivity contribution in [1.82, 2.24) is 19.7 Å². The molecule has 1 unspecified atom stereocenters. The summed E-state index contributed by atoms with van der Waals surface area (Å²) in [5.74, 6) is -0.0716. The molecule has 1 heterocycles. The molecule has 114 valence electrons. The molecular formula is C11H18Cl2N4O2S. The van der Waals surface area contributed by atoms with Crippen LogP contribution >= 0.6 is 23.2 Å². The molecule has 2 atom stereocenters. The van der Waals surface area contributed by atoms with Gasteiger partial charge >= 0.3 is 0 Å². The third-order valence-electron chi connectivity index (χ3n) is 3.42. The fourth-order valence-corrected chi connectivity index (χ4v) is 5.06. The van der Waals surface area contributed by atoms with Crippen molar-refractivity contribution in [2.75, 3.05) is 5.75 Å². The lowest BCUT2D eigenvalue weighted by atomic mass is 10.2. The zero-order chi connectivity index (χ0) is 15.2. The summed E-state index contributed by atoms with van der Waals surface area (Å²) in [6.07, 6.45) is 2.73. The summed E-state index contributed by atoms with van der Waals surface area (Å²) >= 11 is 12.0. The number of sulfonamides is 1. The fourth-order valence-electron chi connectivity index (χ4n) is 2.21. The molecule has 0 bridgehead atoms. The maximum Gasteiger partial charge on any atom is 0.212 e. The number of hydrogen-bond acceptors (Lipinski definition) is 4. The third-order valence-corrected chi connectivity index (χ3v) is 6.38. The molecule has 0 amide bonds. The summed E-state index contributed by atoms with van der Waals surface area (Å²) in [6, 6.07) is -0.265. The lowest BCUT2D eigenvalue weighted by Crippen LogP contribution is -2.38. The number of hydrogen-bond donors (Lipinski definition) is 1. The Morgan fingerprint density at radius 1 is 1.55 bits per heavy atom. The predicted octanol–water partition coefficient (Wildman–Crippen LogP) is 1.25. The first-order valence-corrected chi connectivity index (χ1v) is 8.67. The van der Waals surface area contributed by atoms with Gasteiger partial charge in [0.05, 0.1) is 11.4 Å². The fraction of sp³-hybridized carbons (Fsp3) is 0.818. The maximum atomic E-state index is 12.1. The highest BCUT2D eigenvalue weighted by Crippen LogP contribution is 2.64. The largest absolute Gasteiger partial charge is 0.255 e. The van der Waals surface area contributed by atoms with Gasteiger partial charge in [0, 0.05) is 31.1 Å². The molecule has 9 heteroatoms. The van der Waals surface area contributed by atoms with Crippen molar-refractivity contribution in [1.29, 1.82) is 0 Å². The second kappa shape index (κ2) is 5.12. The van der Waals surface area contributed by atoms with Crippen LogP contribution in [0.1, 0.15) is 26.0 Å². The molecule has 1 aromatic rings. The third kappa shape index (κ3) is 3.63. The molecule has 1 aliphatic rings. The van der Waals surface area contributed by atoms with Gasteiger partial charge in [0.1, 0.15) is 4.33 Å². The topological polar surface area (TPSA) is 76.9 Å². The van der Waals surface area contributed by atoms with Crippen molar-refractivity contribution in [3.05, 3.63) is 11.9 Å². The van der Waals surface area contributed by atoms with Crippen molar-refractivity contribution in [2.45, 2.75) is 37.1 Å². The molecule has 1 saturated carbocycles. The van der Waals surface area contributed by atoms with Crippen LogP contribution in [0.3, 0.4) is 0 Å². The van der Waals surface area contributed by atoms with E-state index in [1.165, 1.54) is 0 Å². The molecule has 1 aromatic heterocycles. The Kier molecular flexibility index (Phi) is 4.10. The van der Waals surface area contributed by atoms with Crippen LogP contribution in [-0.2, 0) is 23.5 Å². The first-order chi connectivity index (χ1) is 9.03. The Hall–Kier alpha value is -0.370. The van der Waals surface area contributed by atoms with Crippen LogP contribution in [0.4, 0.5) is 0 Å². The van der Waals surface area contributed by atoms with Crippen LogP contribution in [0.2, 0.25) is 0 Å². The van der Waals surface area contributed by atoms with Crippen molar-refractivity contribution in [3.63, 3.8) is 0 Å². The molecule has 0 spiro atoms. The Labute approximate surface area is 128 Å². The van der Waals surface area contributed by atoms with Gasteiger partial charge < -0.3 is 0 Å². The Morgan fingerprint density at radius 3 is 2.60 bits per heavy atom. The quantitative estimate of drug-likeness (QED) is 0.790. The van der Waals surface area contributed by atoms with Crippen LogP contribution in [-0.4, -0.2) is 39.5 Å². The van der Waals surface area contributed by atoms with Gasteiger partial charge in [-0.15, -0.1) is 28.3 Å². The van der Waals surface area contributed by atoms with Crippen LogP contribution in [0, 0.1) is 5.41 Å². The minimum absolute atomic E-state index is 0.0716. The average Bonchev–Trinajstić information content (AvgIpc) is 2.54. The first kappa shape index (κ1) is 16.0. The minimum Gasteiger partial charge on any atom is -0.255 e. The smallest absolute Gasteiger partial charge is 0.212 e. The van der Waals surface area contributed by atoms with E-state index in [4.69, 9.17) is 23.2 Å². The van der Waals surface area contributed by atoms with E-state index in [0.717, 1.165) is 5.69 Å². The monoisotopic (exact) mass is 340 g/mol. The number of halogens is 2. The van der Waals surface area contributed by atoms with Crippen LogP contribution in [0.25, 0.3) is 0 Å². The van der Waals surface area contributed by atoms with E-state index < -0.39 is 19.8 Å². The van der Waals surface area contributed by atoms with Gasteiger partial charge in [-0.3, -0.25) is 4.68 Å². The van der Waals surface area contributed by atoms with E-state index in [-0.39, 0.29) is 11.8 Å². The highest BCUT2D eigenvalue weighted by molar-refractivity contribution is 7.89. The van der Waals surface area contributed by atoms with Gasteiger partial charge in [-0.25, -0.2) is 13.1 Å². The van der Waals surface area contributed by atoms with E-state index >= 15 is 0 Å². The van der Waals surface area contributed by atoms with Crippen molar-refractivity contribution < 1.29 is 8.42 Å². The second-order valence-electron chi connectivity index (χ2n) is 5.81. The van der Waals surface area contributed by atoms with E-state index in [2.05, 4.69) is 15.0 Å². The minimum atomic E-state index is -3.43. The Bertz CT molecular complexity index is 601. The number of aryl methyl sites for hydroxylation is 1. The predicted molar refractivity (Wildman–Crippen MR) is 78.3 cm³/mol. The molecule has 1 aliphatic carbocycles. The summed E-state index contributed by atoms with van der Waals surface area (Å²) in [6.45, 7) is 3.57. The normalized spacial score (nSPS) is 26.4. The van der Waals surface area contributed by atoms with Gasteiger partial charge in [0.25, 0.3) is 0 Å². The van der Waals surface area contributed by atoms with E-state index in [1.807, 2.05) is 0 Å². The number of nitrogens with one attached hydrogen (secondary N) is 1. The zero-order valence-corrected chi connectivity index (χ0v) is 13.9. The molecule has 0 aromatic carbocycles. The summed E-state index contributed by atoms with van der Waals surface area (Å²) in [5, 5.41) is 7.74. The van der Waals surface area contributed by atoms with E-state index in [1.54, 1.807) is 31.8 Å². The van der Waals surface area contributed by atoms with Gasteiger partial charge in [-0.1, -0.05) is 12.1 Å². The number of alkyl halides is 2. The van der Waals surface area contributed by atoms with Crippen LogP contribution in [0.15, 0.2) is 6.20 Å². The van der Waals surface area contributed by atoms with Crippen molar-refractivity contribution >= 4 is 33.2 Å². The second-order valence-corrected chi connectivity index (χ2v) is 9.05. The lowest BCUT2D eigenvalue weighted by Gasteiger charge is -2.16. The number of aromatic nitrogens is 3. The summed E-state index contributed by atoms with van der Waals surface area (Å²) in [5.41, 5.74) is 0.165. The molecule has 0 saturated heterocycles. The molecule has 0 aliphatic heterocycles. The lowest BCUT2D eigenvalue weighted by molar-refractivity contribution is 0.534. The Morgan fingerprint density at radius 2 is 2.15 bits per heavy atom. The Balaban J connectivity index is 1.92. The van der Waals surface area contributed by atoms with Gasteiger partial charge in [0.15, 0.2) is 0 Å². The zero-order valence-electron chi connectivity index (χ0n) is 11.6. The highest BCUT2D eigenvalue weighted by Gasteiger charge is 2.64. The molecular weight excluding hydrogens is 323 g/mol. The van der Waals surface area contributed by atoms with Gasteiger partial charge in [-0.05, 0) is 13.3 Å². The summed E-state index contributed by atoms with van der Waals surface area (Å²) in [4.78, 5) is 0. The SMILES string of the molecule is C[C@H](Cc1cn(C)nn1)NS(=O)(=O)CC1(C)CC1(Cl)Cl.